The van der Waals surface area contributed by atoms with Gasteiger partial charge in [-0.2, -0.15) is 0 Å². The van der Waals surface area contributed by atoms with Crippen molar-refractivity contribution in [3.63, 3.8) is 0 Å². The summed E-state index contributed by atoms with van der Waals surface area (Å²) in [6, 6.07) is 3.47. The number of ketones is 1. The number of hydrogen-bond donors (Lipinski definition) is 0. The van der Waals surface area contributed by atoms with Gasteiger partial charge >= 0.3 is 0 Å². The molecule has 1 spiro atoms. The van der Waals surface area contributed by atoms with Gasteiger partial charge in [0.1, 0.15) is 0 Å². The van der Waals surface area contributed by atoms with Crippen LogP contribution in [-0.2, 0) is 9.53 Å². The quantitative estimate of drug-likeness (QED) is 0.741. The summed E-state index contributed by atoms with van der Waals surface area (Å²) in [6.07, 6.45) is 4.63. The summed E-state index contributed by atoms with van der Waals surface area (Å²) in [5, 5.41) is 0. The molecule has 4 heterocycles. The lowest BCUT2D eigenvalue weighted by atomic mass is 9.77. The SMILES string of the molecule is CC(=O)c1ccc(C(=O)N2CCC3(CC2)CC(=O)N(CC2CCCO2)C3)s1. The molecule has 0 bridgehead atoms. The first-order valence-electron chi connectivity index (χ1n) is 9.75. The summed E-state index contributed by atoms with van der Waals surface area (Å²) in [5.41, 5.74) is 0.00641. The van der Waals surface area contributed by atoms with E-state index in [0.29, 0.717) is 35.8 Å². The van der Waals surface area contributed by atoms with E-state index in [9.17, 15) is 14.4 Å². The van der Waals surface area contributed by atoms with Crippen LogP contribution in [0.2, 0.25) is 0 Å². The fourth-order valence-corrected chi connectivity index (χ4v) is 5.37. The van der Waals surface area contributed by atoms with Crippen molar-refractivity contribution in [1.82, 2.24) is 9.80 Å². The zero-order chi connectivity index (χ0) is 19.0. The van der Waals surface area contributed by atoms with E-state index in [0.717, 1.165) is 38.8 Å². The largest absolute Gasteiger partial charge is 0.376 e. The number of piperidine rings is 1. The van der Waals surface area contributed by atoms with Crippen LogP contribution in [0.4, 0.5) is 0 Å². The Kier molecular flexibility index (Phi) is 5.07. The van der Waals surface area contributed by atoms with Crippen molar-refractivity contribution in [2.24, 2.45) is 5.41 Å². The molecule has 6 nitrogen and oxygen atoms in total. The second-order valence-corrected chi connectivity index (χ2v) is 9.18. The van der Waals surface area contributed by atoms with E-state index in [1.165, 1.54) is 18.3 Å². The Bertz CT molecular complexity index is 745. The maximum atomic E-state index is 12.7. The van der Waals surface area contributed by atoms with Gasteiger partial charge in [-0.15, -0.1) is 11.3 Å². The van der Waals surface area contributed by atoms with Gasteiger partial charge in [0.05, 0.1) is 15.9 Å². The van der Waals surface area contributed by atoms with Crippen LogP contribution in [0.3, 0.4) is 0 Å². The summed E-state index contributed by atoms with van der Waals surface area (Å²) in [4.78, 5) is 41.8. The molecule has 1 atom stereocenters. The number of carbonyl (C=O) groups excluding carboxylic acids is 3. The average molecular weight is 391 g/mol. The summed E-state index contributed by atoms with van der Waals surface area (Å²) in [7, 11) is 0. The zero-order valence-corrected chi connectivity index (χ0v) is 16.6. The van der Waals surface area contributed by atoms with Crippen molar-refractivity contribution in [1.29, 1.82) is 0 Å². The number of amides is 2. The van der Waals surface area contributed by atoms with Gasteiger partial charge in [0.25, 0.3) is 5.91 Å². The molecule has 0 radical (unpaired) electrons. The summed E-state index contributed by atoms with van der Waals surface area (Å²) in [5.74, 6) is 0.227. The highest BCUT2D eigenvalue weighted by atomic mass is 32.1. The third-order valence-electron chi connectivity index (χ3n) is 6.13. The van der Waals surface area contributed by atoms with E-state index in [1.54, 1.807) is 12.1 Å². The topological polar surface area (TPSA) is 66.9 Å². The third kappa shape index (κ3) is 3.80. The highest BCUT2D eigenvalue weighted by Gasteiger charge is 2.46. The molecule has 0 aromatic carbocycles. The van der Waals surface area contributed by atoms with Gasteiger partial charge in [-0.3, -0.25) is 14.4 Å². The molecule has 2 amide bonds. The van der Waals surface area contributed by atoms with Crippen LogP contribution >= 0.6 is 11.3 Å². The predicted octanol–water partition coefficient (Wildman–Crippen LogP) is 2.58. The van der Waals surface area contributed by atoms with Gasteiger partial charge in [-0.1, -0.05) is 0 Å². The number of Topliss-reactive ketones (excluding diaryl/α,β-unsaturated/α-hetero) is 1. The van der Waals surface area contributed by atoms with Gasteiger partial charge in [-0.05, 0) is 44.7 Å². The van der Waals surface area contributed by atoms with E-state index >= 15 is 0 Å². The molecular weight excluding hydrogens is 364 g/mol. The maximum absolute atomic E-state index is 12.7. The molecule has 3 aliphatic heterocycles. The Balaban J connectivity index is 1.34. The van der Waals surface area contributed by atoms with Crippen LogP contribution in [0.1, 0.15) is 58.4 Å². The summed E-state index contributed by atoms with van der Waals surface area (Å²) < 4.78 is 5.69. The van der Waals surface area contributed by atoms with Gasteiger partial charge in [0.2, 0.25) is 5.91 Å². The molecule has 0 saturated carbocycles. The van der Waals surface area contributed by atoms with Crippen LogP contribution in [-0.4, -0.2) is 66.3 Å². The molecule has 3 saturated heterocycles. The molecular formula is C20H26N2O4S. The summed E-state index contributed by atoms with van der Waals surface area (Å²) in [6.45, 7) is 5.18. The number of nitrogens with zero attached hydrogens (tertiary/aromatic N) is 2. The first-order valence-corrected chi connectivity index (χ1v) is 10.6. The molecule has 1 unspecified atom stereocenters. The van der Waals surface area contributed by atoms with E-state index < -0.39 is 0 Å². The minimum atomic E-state index is -0.00699. The lowest BCUT2D eigenvalue weighted by Crippen LogP contribution is -2.44. The second kappa shape index (κ2) is 7.36. The van der Waals surface area contributed by atoms with Crippen LogP contribution in [0, 0.1) is 5.41 Å². The Hall–Kier alpha value is -1.73. The molecule has 1 aromatic rings. The van der Waals surface area contributed by atoms with E-state index in [-0.39, 0.29) is 29.1 Å². The average Bonchev–Trinajstić information content (AvgIpc) is 3.37. The van der Waals surface area contributed by atoms with Gasteiger partial charge in [-0.25, -0.2) is 0 Å². The zero-order valence-electron chi connectivity index (χ0n) is 15.7. The van der Waals surface area contributed by atoms with Crippen LogP contribution in [0.25, 0.3) is 0 Å². The Morgan fingerprint density at radius 1 is 1.26 bits per heavy atom. The second-order valence-electron chi connectivity index (χ2n) is 8.10. The normalized spacial score (nSPS) is 24.8. The number of hydrogen-bond acceptors (Lipinski definition) is 5. The molecule has 0 N–H and O–H groups in total. The lowest BCUT2D eigenvalue weighted by Gasteiger charge is -2.38. The fourth-order valence-electron chi connectivity index (χ4n) is 4.50. The highest BCUT2D eigenvalue weighted by molar-refractivity contribution is 7.15. The standard InChI is InChI=1S/C20H26N2O4S/c1-14(23)16-4-5-17(27-16)19(25)21-8-6-20(7-9-21)11-18(24)22(13-20)12-15-3-2-10-26-15/h4-5,15H,2-3,6-13H2,1H3. The molecule has 0 aliphatic carbocycles. The molecule has 146 valence electrons. The molecule has 3 aliphatic rings. The van der Waals surface area contributed by atoms with Crippen LogP contribution < -0.4 is 0 Å². The number of likely N-dealkylation sites (tertiary alicyclic amines) is 2. The van der Waals surface area contributed by atoms with Gasteiger partial charge in [0.15, 0.2) is 5.78 Å². The van der Waals surface area contributed by atoms with E-state index in [2.05, 4.69) is 0 Å². The van der Waals surface area contributed by atoms with Crippen molar-refractivity contribution >= 4 is 28.9 Å². The lowest BCUT2D eigenvalue weighted by molar-refractivity contribution is -0.129. The first kappa shape index (κ1) is 18.6. The van der Waals surface area contributed by atoms with Crippen molar-refractivity contribution < 1.29 is 19.1 Å². The van der Waals surface area contributed by atoms with Gasteiger partial charge < -0.3 is 14.5 Å². The molecule has 1 aromatic heterocycles. The highest BCUT2D eigenvalue weighted by Crippen LogP contribution is 2.41. The third-order valence-corrected chi connectivity index (χ3v) is 7.30. The first-order chi connectivity index (χ1) is 13.0. The van der Waals surface area contributed by atoms with Gasteiger partial charge in [0, 0.05) is 44.6 Å². The monoisotopic (exact) mass is 390 g/mol. The minimum Gasteiger partial charge on any atom is -0.376 e. The smallest absolute Gasteiger partial charge is 0.263 e. The minimum absolute atomic E-state index is 0.00267. The molecule has 4 rings (SSSR count). The van der Waals surface area contributed by atoms with E-state index in [1.807, 2.05) is 9.80 Å². The molecule has 3 fully saturated rings. The Morgan fingerprint density at radius 2 is 2.00 bits per heavy atom. The number of ether oxygens (including phenoxy) is 1. The fraction of sp³-hybridized carbons (Fsp3) is 0.650. The maximum Gasteiger partial charge on any atom is 0.263 e. The van der Waals surface area contributed by atoms with Crippen molar-refractivity contribution in [2.45, 2.75) is 45.1 Å². The number of rotatable bonds is 4. The van der Waals surface area contributed by atoms with Crippen LogP contribution in [0.15, 0.2) is 12.1 Å². The van der Waals surface area contributed by atoms with E-state index in [4.69, 9.17) is 4.74 Å². The predicted molar refractivity (Wildman–Crippen MR) is 102 cm³/mol. The summed E-state index contributed by atoms with van der Waals surface area (Å²) >= 11 is 1.27. The molecule has 27 heavy (non-hydrogen) atoms. The number of carbonyl (C=O) groups is 3. The Morgan fingerprint density at radius 3 is 2.63 bits per heavy atom. The van der Waals surface area contributed by atoms with Crippen LogP contribution in [0.5, 0.6) is 0 Å². The Labute approximate surface area is 163 Å². The van der Waals surface area contributed by atoms with Crippen molar-refractivity contribution in [3.05, 3.63) is 21.9 Å². The van der Waals surface area contributed by atoms with Crippen molar-refractivity contribution in [3.8, 4) is 0 Å². The van der Waals surface area contributed by atoms with Crippen molar-refractivity contribution in [2.75, 3.05) is 32.8 Å². The number of thiophene rings is 1. The molecule has 7 heteroatoms.